The zero-order chi connectivity index (χ0) is 11.9. The van der Waals surface area contributed by atoms with Gasteiger partial charge >= 0.3 is 5.97 Å². The normalized spacial score (nSPS) is 11.8. The van der Waals surface area contributed by atoms with Gasteiger partial charge in [-0.15, -0.1) is 5.10 Å². The smallest absolute Gasteiger partial charge is 0.338 e. The van der Waals surface area contributed by atoms with E-state index in [9.17, 15) is 13.2 Å². The maximum Gasteiger partial charge on any atom is 0.338 e. The average Bonchev–Trinajstić information content (AvgIpc) is 2.58. The molecule has 16 heavy (non-hydrogen) atoms. The number of nitrogens with zero attached hydrogens (tertiary/aromatic N) is 4. The molecule has 0 bridgehead atoms. The van der Waals surface area contributed by atoms with Crippen molar-refractivity contribution in [2.24, 2.45) is 0 Å². The van der Waals surface area contributed by atoms with Gasteiger partial charge in [0.2, 0.25) is 9.84 Å². The van der Waals surface area contributed by atoms with Gasteiger partial charge in [-0.3, -0.25) is 0 Å². The van der Waals surface area contributed by atoms with Crippen LogP contribution in [0.1, 0.15) is 10.4 Å². The van der Waals surface area contributed by atoms with E-state index in [1.807, 2.05) is 0 Å². The molecule has 2 rings (SSSR count). The molecule has 0 aromatic carbocycles. The van der Waals surface area contributed by atoms with Gasteiger partial charge in [0.15, 0.2) is 0 Å². The lowest BCUT2D eigenvalue weighted by molar-refractivity contribution is 0.0695. The molecule has 0 aliphatic carbocycles. The molecule has 0 saturated heterocycles. The first-order chi connectivity index (χ1) is 7.38. The van der Waals surface area contributed by atoms with Gasteiger partial charge in [0.25, 0.3) is 10.9 Å². The lowest BCUT2D eigenvalue weighted by atomic mass is 10.4. The molecular formula is C7H6N4O4S. The third kappa shape index (κ3) is 1.72. The summed E-state index contributed by atoms with van der Waals surface area (Å²) in [5, 5.41) is 11.9. The number of hydrogen-bond donors (Lipinski definition) is 1. The fraction of sp³-hybridized carbons (Fsp3) is 0.143. The second-order valence-corrected chi connectivity index (χ2v) is 4.97. The fourth-order valence-corrected chi connectivity index (χ4v) is 1.51. The summed E-state index contributed by atoms with van der Waals surface area (Å²) in [4.78, 5) is 18.0. The number of sulfone groups is 1. The van der Waals surface area contributed by atoms with Crippen molar-refractivity contribution in [3.8, 4) is 0 Å². The van der Waals surface area contributed by atoms with E-state index in [-0.39, 0.29) is 16.5 Å². The zero-order valence-electron chi connectivity index (χ0n) is 8.02. The topological polar surface area (TPSA) is 115 Å². The Labute approximate surface area is 89.5 Å². The number of aromatic carboxylic acids is 1. The van der Waals surface area contributed by atoms with Crippen LogP contribution in [0.3, 0.4) is 0 Å². The lowest BCUT2D eigenvalue weighted by Crippen LogP contribution is -2.02. The van der Waals surface area contributed by atoms with Gasteiger partial charge in [0.05, 0.1) is 5.56 Å². The molecule has 0 amide bonds. The van der Waals surface area contributed by atoms with E-state index in [0.29, 0.717) is 0 Å². The summed E-state index contributed by atoms with van der Waals surface area (Å²) in [5.41, 5.74) is -0.0996. The van der Waals surface area contributed by atoms with E-state index in [1.54, 1.807) is 0 Å². The maximum atomic E-state index is 11.1. The molecule has 84 valence electrons. The molecule has 2 heterocycles. The number of aromatic nitrogens is 4. The van der Waals surface area contributed by atoms with Crippen molar-refractivity contribution < 1.29 is 18.3 Å². The highest BCUT2D eigenvalue weighted by Crippen LogP contribution is 2.05. The number of carbonyl (C=O) groups is 1. The molecule has 0 aliphatic rings. The Balaban J connectivity index is 2.68. The minimum Gasteiger partial charge on any atom is -0.478 e. The summed E-state index contributed by atoms with van der Waals surface area (Å²) in [5.74, 6) is -1.14. The molecule has 0 fully saturated rings. The van der Waals surface area contributed by atoms with Crippen LogP contribution in [0.15, 0.2) is 17.6 Å². The van der Waals surface area contributed by atoms with Gasteiger partial charge in [-0.05, 0) is 0 Å². The first-order valence-electron chi connectivity index (χ1n) is 4.04. The van der Waals surface area contributed by atoms with Crippen molar-refractivity contribution >= 4 is 21.6 Å². The number of carboxylic acids is 1. The number of hydrogen-bond acceptors (Lipinski definition) is 6. The molecule has 0 unspecified atom stereocenters. The van der Waals surface area contributed by atoms with Crippen LogP contribution in [0.4, 0.5) is 0 Å². The minimum atomic E-state index is -3.53. The molecule has 0 atom stereocenters. The maximum absolute atomic E-state index is 11.1. The molecule has 0 saturated carbocycles. The molecule has 2 aromatic heterocycles. The first-order valence-corrected chi connectivity index (χ1v) is 5.93. The summed E-state index contributed by atoms with van der Waals surface area (Å²) in [7, 11) is -3.53. The highest BCUT2D eigenvalue weighted by atomic mass is 32.2. The Kier molecular flexibility index (Phi) is 2.12. The minimum absolute atomic E-state index is 0.0328. The van der Waals surface area contributed by atoms with Crippen molar-refractivity contribution in [2.45, 2.75) is 5.16 Å². The van der Waals surface area contributed by atoms with Crippen LogP contribution in [0.2, 0.25) is 0 Å². The van der Waals surface area contributed by atoms with Crippen LogP contribution in [0.25, 0.3) is 5.78 Å². The first kappa shape index (κ1) is 10.5. The van der Waals surface area contributed by atoms with Crippen LogP contribution in [-0.2, 0) is 9.84 Å². The Morgan fingerprint density at radius 1 is 1.50 bits per heavy atom. The zero-order valence-corrected chi connectivity index (χ0v) is 8.84. The largest absolute Gasteiger partial charge is 0.478 e. The quantitative estimate of drug-likeness (QED) is 0.734. The van der Waals surface area contributed by atoms with E-state index in [1.165, 1.54) is 0 Å². The Morgan fingerprint density at radius 2 is 2.19 bits per heavy atom. The van der Waals surface area contributed by atoms with Gasteiger partial charge in [0.1, 0.15) is 0 Å². The van der Waals surface area contributed by atoms with E-state index in [2.05, 4.69) is 15.1 Å². The summed E-state index contributed by atoms with van der Waals surface area (Å²) in [6.45, 7) is 0. The summed E-state index contributed by atoms with van der Waals surface area (Å²) in [6, 6.07) is 0. The SMILES string of the molecule is CS(=O)(=O)c1nc2ncc(C(=O)O)cn2n1. The summed E-state index contributed by atoms with van der Waals surface area (Å²) in [6.07, 6.45) is 3.19. The number of carboxylic acid groups (broad SMARTS) is 1. The second kappa shape index (κ2) is 3.23. The van der Waals surface area contributed by atoms with Crippen molar-refractivity contribution in [3.05, 3.63) is 18.0 Å². The highest BCUT2D eigenvalue weighted by molar-refractivity contribution is 7.90. The van der Waals surface area contributed by atoms with E-state index in [4.69, 9.17) is 5.11 Å². The number of fused-ring (bicyclic) bond motifs is 1. The standard InChI is InChI=1S/C7H6N4O4S/c1-16(14,15)7-9-6-8-2-4(5(12)13)3-11(6)10-7/h2-3H,1H3,(H,12,13). The van der Waals surface area contributed by atoms with Gasteiger partial charge in [-0.25, -0.2) is 22.7 Å². The van der Waals surface area contributed by atoms with Gasteiger partial charge in [-0.2, -0.15) is 4.98 Å². The van der Waals surface area contributed by atoms with Crippen LogP contribution >= 0.6 is 0 Å². The van der Waals surface area contributed by atoms with Crippen molar-refractivity contribution in [3.63, 3.8) is 0 Å². The van der Waals surface area contributed by atoms with E-state index in [0.717, 1.165) is 23.2 Å². The molecule has 9 heteroatoms. The summed E-state index contributed by atoms with van der Waals surface area (Å²) < 4.78 is 23.3. The van der Waals surface area contributed by atoms with Crippen molar-refractivity contribution in [2.75, 3.05) is 6.26 Å². The third-order valence-electron chi connectivity index (χ3n) is 1.75. The monoisotopic (exact) mass is 242 g/mol. The van der Waals surface area contributed by atoms with Gasteiger partial charge in [0, 0.05) is 18.6 Å². The van der Waals surface area contributed by atoms with Gasteiger partial charge < -0.3 is 5.11 Å². The van der Waals surface area contributed by atoms with Crippen molar-refractivity contribution in [1.82, 2.24) is 19.6 Å². The van der Waals surface area contributed by atoms with Gasteiger partial charge in [-0.1, -0.05) is 0 Å². The Hall–Kier alpha value is -2.03. The average molecular weight is 242 g/mol. The Bertz CT molecular complexity index is 675. The third-order valence-corrected chi connectivity index (χ3v) is 2.59. The number of rotatable bonds is 2. The van der Waals surface area contributed by atoms with E-state index >= 15 is 0 Å². The molecule has 0 spiro atoms. The molecular weight excluding hydrogens is 236 g/mol. The van der Waals surface area contributed by atoms with Crippen LogP contribution < -0.4 is 0 Å². The van der Waals surface area contributed by atoms with Crippen LogP contribution in [0, 0.1) is 0 Å². The van der Waals surface area contributed by atoms with Crippen LogP contribution in [-0.4, -0.2) is 45.3 Å². The fourth-order valence-electron chi connectivity index (χ4n) is 1.03. The predicted octanol–water partition coefficient (Wildman–Crippen LogP) is -0.774. The highest BCUT2D eigenvalue weighted by Gasteiger charge is 2.16. The Morgan fingerprint density at radius 3 is 2.75 bits per heavy atom. The lowest BCUT2D eigenvalue weighted by Gasteiger charge is -1.92. The van der Waals surface area contributed by atoms with Crippen molar-refractivity contribution in [1.29, 1.82) is 0 Å². The molecule has 0 aliphatic heterocycles. The molecule has 2 aromatic rings. The summed E-state index contributed by atoms with van der Waals surface area (Å²) >= 11 is 0. The second-order valence-electron chi connectivity index (χ2n) is 3.06. The van der Waals surface area contributed by atoms with Crippen LogP contribution in [0.5, 0.6) is 0 Å². The predicted molar refractivity (Wildman–Crippen MR) is 50.9 cm³/mol. The van der Waals surface area contributed by atoms with E-state index < -0.39 is 15.8 Å². The molecule has 0 radical (unpaired) electrons. The molecule has 8 nitrogen and oxygen atoms in total. The molecule has 1 N–H and O–H groups in total.